The highest BCUT2D eigenvalue weighted by Gasteiger charge is 2.33. The van der Waals surface area contributed by atoms with E-state index in [1.54, 1.807) is 6.07 Å². The topological polar surface area (TPSA) is 98.4 Å². The van der Waals surface area contributed by atoms with Crippen LogP contribution in [0, 0.1) is 15.5 Å². The van der Waals surface area contributed by atoms with Gasteiger partial charge in [-0.25, -0.2) is 4.98 Å². The van der Waals surface area contributed by atoms with Gasteiger partial charge >= 0.3 is 0 Å². The van der Waals surface area contributed by atoms with Gasteiger partial charge in [-0.1, -0.05) is 13.8 Å². The first-order valence-electron chi connectivity index (χ1n) is 7.37. The molecule has 2 aromatic rings. The molecule has 3 rings (SSSR count). The van der Waals surface area contributed by atoms with Gasteiger partial charge in [-0.3, -0.25) is 15.0 Å². The van der Waals surface area contributed by atoms with Crippen LogP contribution in [0.2, 0.25) is 0 Å². The lowest BCUT2D eigenvalue weighted by Crippen LogP contribution is -2.52. The molecule has 1 aliphatic heterocycles. The number of benzene rings is 1. The molecule has 7 heteroatoms. The molecule has 0 spiro atoms. The minimum absolute atomic E-state index is 0.0254. The molecule has 1 aliphatic rings. The molecule has 1 aromatic heterocycles. The van der Waals surface area contributed by atoms with Crippen LogP contribution >= 0.6 is 0 Å². The van der Waals surface area contributed by atoms with Crippen LogP contribution in [0.1, 0.15) is 26.2 Å². The van der Waals surface area contributed by atoms with Gasteiger partial charge in [0.1, 0.15) is 5.52 Å². The summed E-state index contributed by atoms with van der Waals surface area (Å²) in [5.41, 5.74) is 7.33. The number of piperidine rings is 1. The van der Waals surface area contributed by atoms with Gasteiger partial charge in [-0.2, -0.15) is 0 Å². The zero-order valence-electron chi connectivity index (χ0n) is 12.8. The highest BCUT2D eigenvalue weighted by atomic mass is 16.6. The van der Waals surface area contributed by atoms with Gasteiger partial charge in [0.15, 0.2) is 5.58 Å². The first kappa shape index (κ1) is 14.9. The number of hydrogen-bond donors (Lipinski definition) is 1. The normalized spacial score (nSPS) is 22.0. The minimum Gasteiger partial charge on any atom is -0.439 e. The number of nitrogens with two attached hydrogens (primary N) is 1. The number of likely N-dealkylation sites (tertiary alicyclic amines) is 1. The zero-order chi connectivity index (χ0) is 15.9. The lowest BCUT2D eigenvalue weighted by atomic mass is 9.80. The summed E-state index contributed by atoms with van der Waals surface area (Å²) in [6.45, 7) is 6.72. The van der Waals surface area contributed by atoms with E-state index in [1.165, 1.54) is 12.1 Å². The molecule has 118 valence electrons. The van der Waals surface area contributed by atoms with Crippen LogP contribution in [-0.2, 0) is 6.54 Å². The third-order valence-electron chi connectivity index (χ3n) is 4.38. The summed E-state index contributed by atoms with van der Waals surface area (Å²) in [6, 6.07) is 4.67. The SMILES string of the molecule is CC1(C)CN(Cc2nc3cc([N+](=O)[O-])ccc3o2)CCC1N. The first-order valence-corrected chi connectivity index (χ1v) is 7.37. The van der Waals surface area contributed by atoms with Crippen molar-refractivity contribution in [3.63, 3.8) is 0 Å². The van der Waals surface area contributed by atoms with E-state index >= 15 is 0 Å². The molecular weight excluding hydrogens is 284 g/mol. The molecule has 1 saturated heterocycles. The predicted molar refractivity (Wildman–Crippen MR) is 82.3 cm³/mol. The molecule has 0 amide bonds. The summed E-state index contributed by atoms with van der Waals surface area (Å²) in [5.74, 6) is 0.585. The zero-order valence-corrected chi connectivity index (χ0v) is 12.8. The maximum Gasteiger partial charge on any atom is 0.271 e. The molecule has 1 aromatic carbocycles. The van der Waals surface area contributed by atoms with E-state index in [1.807, 2.05) is 0 Å². The Bertz CT molecular complexity index is 710. The van der Waals surface area contributed by atoms with Crippen molar-refractivity contribution >= 4 is 16.8 Å². The molecule has 7 nitrogen and oxygen atoms in total. The van der Waals surface area contributed by atoms with E-state index in [-0.39, 0.29) is 17.1 Å². The Kier molecular flexibility index (Phi) is 3.62. The lowest BCUT2D eigenvalue weighted by Gasteiger charge is -2.42. The summed E-state index contributed by atoms with van der Waals surface area (Å²) >= 11 is 0. The Morgan fingerprint density at radius 3 is 3.00 bits per heavy atom. The van der Waals surface area contributed by atoms with Crippen LogP contribution in [0.15, 0.2) is 22.6 Å². The summed E-state index contributed by atoms with van der Waals surface area (Å²) in [7, 11) is 0. The van der Waals surface area contributed by atoms with Gasteiger partial charge < -0.3 is 10.2 Å². The van der Waals surface area contributed by atoms with Crippen LogP contribution in [0.3, 0.4) is 0 Å². The maximum absolute atomic E-state index is 10.8. The molecule has 0 bridgehead atoms. The van der Waals surface area contributed by atoms with Crippen molar-refractivity contribution in [3.05, 3.63) is 34.2 Å². The van der Waals surface area contributed by atoms with E-state index in [0.29, 0.717) is 23.5 Å². The smallest absolute Gasteiger partial charge is 0.271 e. The first-order chi connectivity index (χ1) is 10.3. The Morgan fingerprint density at radius 1 is 1.55 bits per heavy atom. The predicted octanol–water partition coefficient (Wildman–Crippen LogP) is 2.30. The third kappa shape index (κ3) is 2.82. The Balaban J connectivity index is 1.78. The summed E-state index contributed by atoms with van der Waals surface area (Å²) in [6.07, 6.45) is 0.943. The molecule has 0 radical (unpaired) electrons. The number of oxazole rings is 1. The monoisotopic (exact) mass is 304 g/mol. The number of nitro benzene ring substituents is 1. The van der Waals surface area contributed by atoms with Crippen molar-refractivity contribution < 1.29 is 9.34 Å². The van der Waals surface area contributed by atoms with Crippen LogP contribution < -0.4 is 5.73 Å². The number of aromatic nitrogens is 1. The van der Waals surface area contributed by atoms with Crippen molar-refractivity contribution in [3.8, 4) is 0 Å². The van der Waals surface area contributed by atoms with E-state index in [4.69, 9.17) is 10.2 Å². The molecular formula is C15H20N4O3. The van der Waals surface area contributed by atoms with Gasteiger partial charge in [0.25, 0.3) is 5.69 Å². The van der Waals surface area contributed by atoms with Gasteiger partial charge in [-0.15, -0.1) is 0 Å². The number of hydrogen-bond acceptors (Lipinski definition) is 6. The van der Waals surface area contributed by atoms with E-state index in [9.17, 15) is 10.1 Å². The number of nitro groups is 1. The minimum atomic E-state index is -0.428. The largest absolute Gasteiger partial charge is 0.439 e. The van der Waals surface area contributed by atoms with Crippen molar-refractivity contribution in [2.75, 3.05) is 13.1 Å². The highest BCUT2D eigenvalue weighted by Crippen LogP contribution is 2.29. The van der Waals surface area contributed by atoms with Crippen LogP contribution in [0.4, 0.5) is 5.69 Å². The summed E-state index contributed by atoms with van der Waals surface area (Å²) in [4.78, 5) is 17.0. The van der Waals surface area contributed by atoms with Crippen LogP contribution in [-0.4, -0.2) is 33.9 Å². The molecule has 2 heterocycles. The average Bonchev–Trinajstić information content (AvgIpc) is 2.83. The number of fused-ring (bicyclic) bond motifs is 1. The molecule has 0 saturated carbocycles. The van der Waals surface area contributed by atoms with Crippen molar-refractivity contribution in [2.45, 2.75) is 32.9 Å². The molecule has 1 unspecified atom stereocenters. The van der Waals surface area contributed by atoms with Gasteiger partial charge in [0.2, 0.25) is 5.89 Å². The maximum atomic E-state index is 10.8. The van der Waals surface area contributed by atoms with Gasteiger partial charge in [0, 0.05) is 31.3 Å². The second kappa shape index (κ2) is 5.33. The summed E-state index contributed by atoms with van der Waals surface area (Å²) < 4.78 is 5.69. The average molecular weight is 304 g/mol. The summed E-state index contributed by atoms with van der Waals surface area (Å²) in [5, 5.41) is 10.8. The van der Waals surface area contributed by atoms with Gasteiger partial charge in [-0.05, 0) is 17.9 Å². The van der Waals surface area contributed by atoms with Crippen LogP contribution in [0.5, 0.6) is 0 Å². The van der Waals surface area contributed by atoms with Crippen molar-refractivity contribution in [1.29, 1.82) is 0 Å². The fourth-order valence-corrected chi connectivity index (χ4v) is 2.96. The molecule has 1 fully saturated rings. The lowest BCUT2D eigenvalue weighted by molar-refractivity contribution is -0.384. The number of rotatable bonds is 3. The molecule has 1 atom stereocenters. The number of nitrogens with zero attached hydrogens (tertiary/aromatic N) is 3. The Labute approximate surface area is 128 Å². The third-order valence-corrected chi connectivity index (χ3v) is 4.38. The fraction of sp³-hybridized carbons (Fsp3) is 0.533. The van der Waals surface area contributed by atoms with Crippen molar-refractivity contribution in [2.24, 2.45) is 11.1 Å². The fourth-order valence-electron chi connectivity index (χ4n) is 2.96. The Hall–Kier alpha value is -1.99. The standard InChI is InChI=1S/C15H20N4O3/c1-15(2)9-18(6-5-13(15)16)8-14-17-11-7-10(19(20)21)3-4-12(11)22-14/h3-4,7,13H,5-6,8-9,16H2,1-2H3. The molecule has 22 heavy (non-hydrogen) atoms. The second-order valence-corrected chi connectivity index (χ2v) is 6.61. The van der Waals surface area contributed by atoms with Gasteiger partial charge in [0.05, 0.1) is 11.5 Å². The van der Waals surface area contributed by atoms with E-state index in [0.717, 1.165) is 19.5 Å². The Morgan fingerprint density at radius 2 is 2.32 bits per heavy atom. The number of non-ortho nitro benzene ring substituents is 1. The van der Waals surface area contributed by atoms with E-state index in [2.05, 4.69) is 23.7 Å². The van der Waals surface area contributed by atoms with Crippen LogP contribution in [0.25, 0.3) is 11.1 Å². The quantitative estimate of drug-likeness (QED) is 0.690. The van der Waals surface area contributed by atoms with E-state index < -0.39 is 4.92 Å². The molecule has 0 aliphatic carbocycles. The molecule has 2 N–H and O–H groups in total. The second-order valence-electron chi connectivity index (χ2n) is 6.61. The van der Waals surface area contributed by atoms with Crippen molar-refractivity contribution in [1.82, 2.24) is 9.88 Å². The highest BCUT2D eigenvalue weighted by molar-refractivity contribution is 5.75.